The Bertz CT molecular complexity index is 240. The average molecular weight is 173 g/mol. The number of hydrogen-bond donors (Lipinski definition) is 1. The van der Waals surface area contributed by atoms with Crippen molar-refractivity contribution in [2.24, 2.45) is 5.73 Å². The summed E-state index contributed by atoms with van der Waals surface area (Å²) in [4.78, 5) is 0. The van der Waals surface area contributed by atoms with Gasteiger partial charge in [-0.1, -0.05) is 11.8 Å². The number of thioether (sulfide) groups is 1. The van der Waals surface area contributed by atoms with Crippen LogP contribution in [0, 0.1) is 0 Å². The lowest BCUT2D eigenvalue weighted by Gasteiger charge is -2.11. The lowest BCUT2D eigenvalue weighted by molar-refractivity contribution is 0.337. The SMILES string of the molecule is CSc1nnc(C(C)(C)N)o1. The molecule has 1 rings (SSSR count). The molecule has 0 aliphatic heterocycles. The molecule has 11 heavy (non-hydrogen) atoms. The van der Waals surface area contributed by atoms with Crippen molar-refractivity contribution in [1.82, 2.24) is 10.2 Å². The predicted octanol–water partition coefficient (Wildman–Crippen LogP) is 0.985. The maximum atomic E-state index is 5.72. The zero-order valence-corrected chi connectivity index (χ0v) is 7.60. The van der Waals surface area contributed by atoms with Crippen LogP contribution in [0.1, 0.15) is 19.7 Å². The summed E-state index contributed by atoms with van der Waals surface area (Å²) in [6.45, 7) is 3.65. The van der Waals surface area contributed by atoms with Gasteiger partial charge in [0.05, 0.1) is 5.54 Å². The molecule has 0 atom stereocenters. The molecule has 1 heterocycles. The van der Waals surface area contributed by atoms with Gasteiger partial charge in [0.1, 0.15) is 0 Å². The van der Waals surface area contributed by atoms with E-state index in [9.17, 15) is 0 Å². The van der Waals surface area contributed by atoms with Crippen LogP contribution in [-0.2, 0) is 5.54 Å². The Hall–Kier alpha value is -0.550. The number of nitrogens with two attached hydrogens (primary N) is 1. The van der Waals surface area contributed by atoms with Gasteiger partial charge < -0.3 is 10.2 Å². The van der Waals surface area contributed by atoms with Crippen molar-refractivity contribution in [3.8, 4) is 0 Å². The second-order valence-electron chi connectivity index (χ2n) is 2.80. The third kappa shape index (κ3) is 1.94. The van der Waals surface area contributed by atoms with Crippen LogP contribution in [0.5, 0.6) is 0 Å². The normalized spacial score (nSPS) is 12.0. The molecule has 0 unspecified atom stereocenters. The van der Waals surface area contributed by atoms with Crippen molar-refractivity contribution < 1.29 is 4.42 Å². The highest BCUT2D eigenvalue weighted by molar-refractivity contribution is 7.98. The Kier molecular flexibility index (Phi) is 2.20. The molecular weight excluding hydrogens is 162 g/mol. The molecule has 0 spiro atoms. The Labute approximate surface area is 69.6 Å². The quantitative estimate of drug-likeness (QED) is 0.675. The second kappa shape index (κ2) is 2.83. The maximum Gasteiger partial charge on any atom is 0.276 e. The third-order valence-corrected chi connectivity index (χ3v) is 1.65. The van der Waals surface area contributed by atoms with Gasteiger partial charge in [-0.2, -0.15) is 0 Å². The summed E-state index contributed by atoms with van der Waals surface area (Å²) in [5.41, 5.74) is 5.18. The van der Waals surface area contributed by atoms with Crippen molar-refractivity contribution in [3.63, 3.8) is 0 Å². The highest BCUT2D eigenvalue weighted by atomic mass is 32.2. The zero-order chi connectivity index (χ0) is 8.48. The van der Waals surface area contributed by atoms with Crippen LogP contribution in [0.25, 0.3) is 0 Å². The highest BCUT2D eigenvalue weighted by Gasteiger charge is 2.21. The summed E-state index contributed by atoms with van der Waals surface area (Å²) in [7, 11) is 0. The van der Waals surface area contributed by atoms with Gasteiger partial charge in [-0.25, -0.2) is 0 Å². The van der Waals surface area contributed by atoms with E-state index >= 15 is 0 Å². The fourth-order valence-electron chi connectivity index (χ4n) is 0.553. The first-order valence-corrected chi connectivity index (χ1v) is 4.43. The molecule has 1 aromatic rings. The van der Waals surface area contributed by atoms with Gasteiger partial charge in [-0.3, -0.25) is 0 Å². The second-order valence-corrected chi connectivity index (χ2v) is 3.56. The number of aromatic nitrogens is 2. The maximum absolute atomic E-state index is 5.72. The summed E-state index contributed by atoms with van der Waals surface area (Å²) in [6.07, 6.45) is 1.88. The minimum Gasteiger partial charge on any atom is -0.414 e. The fourth-order valence-corrected chi connectivity index (χ4v) is 0.837. The van der Waals surface area contributed by atoms with E-state index in [-0.39, 0.29) is 0 Å². The molecule has 5 heteroatoms. The van der Waals surface area contributed by atoms with Crippen LogP contribution >= 0.6 is 11.8 Å². The van der Waals surface area contributed by atoms with Gasteiger partial charge in [0, 0.05) is 0 Å². The topological polar surface area (TPSA) is 64.9 Å². The van der Waals surface area contributed by atoms with E-state index in [1.54, 1.807) is 0 Å². The monoisotopic (exact) mass is 173 g/mol. The molecule has 0 bridgehead atoms. The number of hydrogen-bond acceptors (Lipinski definition) is 5. The molecule has 0 amide bonds. The zero-order valence-electron chi connectivity index (χ0n) is 6.79. The van der Waals surface area contributed by atoms with Gasteiger partial charge in [0.2, 0.25) is 5.89 Å². The van der Waals surface area contributed by atoms with Crippen LogP contribution in [-0.4, -0.2) is 16.5 Å². The van der Waals surface area contributed by atoms with E-state index in [0.717, 1.165) is 0 Å². The minimum atomic E-state index is -0.541. The molecule has 62 valence electrons. The minimum absolute atomic E-state index is 0.474. The smallest absolute Gasteiger partial charge is 0.276 e. The van der Waals surface area contributed by atoms with Crippen molar-refractivity contribution in [2.75, 3.05) is 6.26 Å². The first kappa shape index (κ1) is 8.55. The largest absolute Gasteiger partial charge is 0.414 e. The number of rotatable bonds is 2. The Balaban J connectivity index is 2.89. The van der Waals surface area contributed by atoms with Gasteiger partial charge >= 0.3 is 0 Å². The van der Waals surface area contributed by atoms with Crippen molar-refractivity contribution in [3.05, 3.63) is 5.89 Å². The van der Waals surface area contributed by atoms with E-state index < -0.39 is 5.54 Å². The van der Waals surface area contributed by atoms with E-state index in [1.807, 2.05) is 20.1 Å². The van der Waals surface area contributed by atoms with E-state index in [1.165, 1.54) is 11.8 Å². The van der Waals surface area contributed by atoms with Gasteiger partial charge in [-0.15, -0.1) is 10.2 Å². The van der Waals surface area contributed by atoms with Gasteiger partial charge in [0.15, 0.2) is 0 Å². The van der Waals surface area contributed by atoms with Crippen LogP contribution in [0.4, 0.5) is 0 Å². The van der Waals surface area contributed by atoms with Gasteiger partial charge in [-0.05, 0) is 20.1 Å². The fraction of sp³-hybridized carbons (Fsp3) is 0.667. The molecule has 2 N–H and O–H groups in total. The van der Waals surface area contributed by atoms with Crippen LogP contribution in [0.2, 0.25) is 0 Å². The van der Waals surface area contributed by atoms with Crippen LogP contribution in [0.15, 0.2) is 9.64 Å². The van der Waals surface area contributed by atoms with Crippen molar-refractivity contribution in [2.45, 2.75) is 24.6 Å². The molecule has 0 fully saturated rings. The van der Waals surface area contributed by atoms with Crippen LogP contribution in [0.3, 0.4) is 0 Å². The third-order valence-electron chi connectivity index (χ3n) is 1.13. The van der Waals surface area contributed by atoms with Crippen LogP contribution < -0.4 is 5.73 Å². The van der Waals surface area contributed by atoms with E-state index in [4.69, 9.17) is 10.2 Å². The first-order valence-electron chi connectivity index (χ1n) is 3.21. The lowest BCUT2D eigenvalue weighted by Crippen LogP contribution is -2.29. The van der Waals surface area contributed by atoms with E-state index in [2.05, 4.69) is 10.2 Å². The summed E-state index contributed by atoms with van der Waals surface area (Å²) >= 11 is 1.41. The molecule has 0 radical (unpaired) electrons. The molecule has 0 saturated heterocycles. The first-order chi connectivity index (χ1) is 5.04. The Morgan fingerprint density at radius 3 is 2.36 bits per heavy atom. The highest BCUT2D eigenvalue weighted by Crippen LogP contribution is 2.19. The molecule has 0 saturated carbocycles. The summed E-state index contributed by atoms with van der Waals surface area (Å²) < 4.78 is 5.21. The molecule has 0 aliphatic rings. The average Bonchev–Trinajstić information content (AvgIpc) is 2.32. The molecular formula is C6H11N3OS. The lowest BCUT2D eigenvalue weighted by atomic mass is 10.1. The van der Waals surface area contributed by atoms with E-state index in [0.29, 0.717) is 11.1 Å². The Morgan fingerprint density at radius 1 is 1.45 bits per heavy atom. The summed E-state index contributed by atoms with van der Waals surface area (Å²) in [6, 6.07) is 0. The summed E-state index contributed by atoms with van der Waals surface area (Å²) in [5, 5.41) is 8.12. The van der Waals surface area contributed by atoms with Crippen molar-refractivity contribution in [1.29, 1.82) is 0 Å². The standard InChI is InChI=1S/C6H11N3OS/c1-6(2,7)4-8-9-5(10-4)11-3/h7H2,1-3H3. The Morgan fingerprint density at radius 2 is 2.09 bits per heavy atom. The van der Waals surface area contributed by atoms with Crippen molar-refractivity contribution >= 4 is 11.8 Å². The van der Waals surface area contributed by atoms with Gasteiger partial charge in [0.25, 0.3) is 5.22 Å². The molecule has 1 aromatic heterocycles. The molecule has 0 aliphatic carbocycles. The molecule has 4 nitrogen and oxygen atoms in total. The summed E-state index contributed by atoms with van der Waals surface area (Å²) in [5.74, 6) is 0.474. The number of nitrogens with zero attached hydrogens (tertiary/aromatic N) is 2. The predicted molar refractivity (Wildman–Crippen MR) is 43.3 cm³/mol. The molecule has 0 aromatic carbocycles.